The summed E-state index contributed by atoms with van der Waals surface area (Å²) in [4.78, 5) is 9.24. The summed E-state index contributed by atoms with van der Waals surface area (Å²) in [6.45, 7) is 7.35. The highest BCUT2D eigenvalue weighted by Crippen LogP contribution is 2.21. The molecule has 3 rings (SSSR count). The minimum absolute atomic E-state index is 0.893. The van der Waals surface area contributed by atoms with Gasteiger partial charge in [0.2, 0.25) is 0 Å². The maximum absolute atomic E-state index is 5.98. The van der Waals surface area contributed by atoms with Crippen LogP contribution >= 0.6 is 11.3 Å². The van der Waals surface area contributed by atoms with Crippen LogP contribution in [-0.4, -0.2) is 36.1 Å². The van der Waals surface area contributed by atoms with E-state index in [1.54, 1.807) is 11.3 Å². The molecule has 5 heteroatoms. The molecule has 4 nitrogen and oxygen atoms in total. The SMILES string of the molecule is Cc1c(N)cccc1CN1CCN(c2nccs2)CC1. The van der Waals surface area contributed by atoms with Crippen molar-refractivity contribution in [3.05, 3.63) is 40.9 Å². The third-order valence-electron chi connectivity index (χ3n) is 3.94. The fourth-order valence-electron chi connectivity index (χ4n) is 2.58. The van der Waals surface area contributed by atoms with Gasteiger partial charge in [-0.1, -0.05) is 12.1 Å². The number of nitrogens with zero attached hydrogens (tertiary/aromatic N) is 3. The number of nitrogen functional groups attached to an aromatic ring is 1. The van der Waals surface area contributed by atoms with Gasteiger partial charge in [0, 0.05) is 50.0 Å². The van der Waals surface area contributed by atoms with Crippen molar-refractivity contribution in [1.82, 2.24) is 9.88 Å². The van der Waals surface area contributed by atoms with Crippen LogP contribution in [0.15, 0.2) is 29.8 Å². The highest BCUT2D eigenvalue weighted by atomic mass is 32.1. The zero-order valence-electron chi connectivity index (χ0n) is 11.7. The van der Waals surface area contributed by atoms with E-state index < -0.39 is 0 Å². The third kappa shape index (κ3) is 2.78. The molecule has 2 heterocycles. The Hall–Kier alpha value is -1.59. The molecule has 0 atom stereocenters. The fraction of sp³-hybridized carbons (Fsp3) is 0.400. The van der Waals surface area contributed by atoms with Crippen LogP contribution in [0.1, 0.15) is 11.1 Å². The van der Waals surface area contributed by atoms with Gasteiger partial charge in [0.25, 0.3) is 0 Å². The van der Waals surface area contributed by atoms with Crippen molar-refractivity contribution in [2.75, 3.05) is 36.8 Å². The summed E-state index contributed by atoms with van der Waals surface area (Å²) in [5.41, 5.74) is 9.43. The molecule has 0 spiro atoms. The van der Waals surface area contributed by atoms with E-state index in [1.165, 1.54) is 11.1 Å². The number of rotatable bonds is 3. The Bertz CT molecular complexity index is 559. The third-order valence-corrected chi connectivity index (χ3v) is 4.78. The minimum Gasteiger partial charge on any atom is -0.399 e. The molecule has 0 radical (unpaired) electrons. The zero-order valence-corrected chi connectivity index (χ0v) is 12.6. The van der Waals surface area contributed by atoms with Crippen LogP contribution in [0.25, 0.3) is 0 Å². The molecule has 0 bridgehead atoms. The van der Waals surface area contributed by atoms with E-state index in [4.69, 9.17) is 5.73 Å². The Morgan fingerprint density at radius 2 is 2.05 bits per heavy atom. The summed E-state index contributed by atoms with van der Waals surface area (Å²) in [7, 11) is 0. The number of benzene rings is 1. The van der Waals surface area contributed by atoms with E-state index in [-0.39, 0.29) is 0 Å². The molecule has 0 aliphatic carbocycles. The van der Waals surface area contributed by atoms with Crippen molar-refractivity contribution < 1.29 is 0 Å². The first-order valence-electron chi connectivity index (χ1n) is 6.95. The summed E-state index contributed by atoms with van der Waals surface area (Å²) in [5.74, 6) is 0. The van der Waals surface area contributed by atoms with E-state index in [9.17, 15) is 0 Å². The van der Waals surface area contributed by atoms with Crippen molar-refractivity contribution >= 4 is 22.2 Å². The topological polar surface area (TPSA) is 45.4 Å². The predicted octanol–water partition coefficient (Wildman–Crippen LogP) is 2.36. The number of aromatic nitrogens is 1. The molecule has 106 valence electrons. The van der Waals surface area contributed by atoms with Crippen LogP contribution in [0.2, 0.25) is 0 Å². The van der Waals surface area contributed by atoms with E-state index in [1.807, 2.05) is 23.7 Å². The minimum atomic E-state index is 0.893. The van der Waals surface area contributed by atoms with Crippen LogP contribution in [0.3, 0.4) is 0 Å². The van der Waals surface area contributed by atoms with Gasteiger partial charge in [0.05, 0.1) is 0 Å². The first-order valence-corrected chi connectivity index (χ1v) is 7.83. The van der Waals surface area contributed by atoms with Gasteiger partial charge in [-0.3, -0.25) is 4.90 Å². The fourth-order valence-corrected chi connectivity index (χ4v) is 3.28. The van der Waals surface area contributed by atoms with Gasteiger partial charge in [-0.2, -0.15) is 0 Å². The molecular formula is C15H20N4S. The van der Waals surface area contributed by atoms with E-state index in [2.05, 4.69) is 27.8 Å². The smallest absolute Gasteiger partial charge is 0.185 e. The van der Waals surface area contributed by atoms with Crippen LogP contribution < -0.4 is 10.6 Å². The van der Waals surface area contributed by atoms with Gasteiger partial charge in [0.1, 0.15) is 0 Å². The van der Waals surface area contributed by atoms with Crippen LogP contribution in [0.5, 0.6) is 0 Å². The number of anilines is 2. The molecule has 1 aromatic heterocycles. The van der Waals surface area contributed by atoms with E-state index in [0.29, 0.717) is 0 Å². The van der Waals surface area contributed by atoms with Crippen molar-refractivity contribution in [3.8, 4) is 0 Å². The first-order chi connectivity index (χ1) is 9.74. The maximum atomic E-state index is 5.98. The largest absolute Gasteiger partial charge is 0.399 e. The molecule has 2 N–H and O–H groups in total. The van der Waals surface area contributed by atoms with Crippen molar-refractivity contribution in [1.29, 1.82) is 0 Å². The lowest BCUT2D eigenvalue weighted by Gasteiger charge is -2.34. The monoisotopic (exact) mass is 288 g/mol. The van der Waals surface area contributed by atoms with Crippen molar-refractivity contribution in [3.63, 3.8) is 0 Å². The number of piperazine rings is 1. The standard InChI is InChI=1S/C15H20N4S/c1-12-13(3-2-4-14(12)16)11-18-6-8-19(9-7-18)15-17-5-10-20-15/h2-5,10H,6-9,11,16H2,1H3. The Balaban J connectivity index is 1.60. The molecular weight excluding hydrogens is 268 g/mol. The lowest BCUT2D eigenvalue weighted by Crippen LogP contribution is -2.46. The second kappa shape index (κ2) is 5.81. The number of hydrogen-bond acceptors (Lipinski definition) is 5. The summed E-state index contributed by atoms with van der Waals surface area (Å²) in [6, 6.07) is 6.20. The van der Waals surface area contributed by atoms with Crippen LogP contribution in [-0.2, 0) is 6.54 Å². The average molecular weight is 288 g/mol. The zero-order chi connectivity index (χ0) is 13.9. The molecule has 1 aliphatic rings. The number of hydrogen-bond donors (Lipinski definition) is 1. The predicted molar refractivity (Wildman–Crippen MR) is 85.2 cm³/mol. The number of nitrogens with two attached hydrogens (primary N) is 1. The maximum Gasteiger partial charge on any atom is 0.185 e. The van der Waals surface area contributed by atoms with Gasteiger partial charge in [0.15, 0.2) is 5.13 Å². The highest BCUT2D eigenvalue weighted by molar-refractivity contribution is 7.13. The quantitative estimate of drug-likeness (QED) is 0.881. The number of thiazole rings is 1. The normalized spacial score (nSPS) is 16.6. The second-order valence-corrected chi connectivity index (χ2v) is 6.08. The average Bonchev–Trinajstić information content (AvgIpc) is 2.99. The molecule has 1 fully saturated rings. The summed E-state index contributed by atoms with van der Waals surface area (Å²) in [6.07, 6.45) is 1.88. The van der Waals surface area contributed by atoms with E-state index >= 15 is 0 Å². The van der Waals surface area contributed by atoms with Crippen molar-refractivity contribution in [2.45, 2.75) is 13.5 Å². The van der Waals surface area contributed by atoms with Gasteiger partial charge in [-0.15, -0.1) is 11.3 Å². The molecule has 1 aliphatic heterocycles. The Morgan fingerprint density at radius 3 is 2.75 bits per heavy atom. The van der Waals surface area contributed by atoms with Crippen molar-refractivity contribution in [2.24, 2.45) is 0 Å². The van der Waals surface area contributed by atoms with Crippen LogP contribution in [0.4, 0.5) is 10.8 Å². The Labute approximate surface area is 123 Å². The second-order valence-electron chi connectivity index (χ2n) is 5.21. The summed E-state index contributed by atoms with van der Waals surface area (Å²) >= 11 is 1.72. The highest BCUT2D eigenvalue weighted by Gasteiger charge is 2.19. The van der Waals surface area contributed by atoms with Gasteiger partial charge in [-0.05, 0) is 24.1 Å². The lowest BCUT2D eigenvalue weighted by atomic mass is 10.1. The van der Waals surface area contributed by atoms with Gasteiger partial charge >= 0.3 is 0 Å². The lowest BCUT2D eigenvalue weighted by molar-refractivity contribution is 0.249. The molecule has 0 unspecified atom stereocenters. The molecule has 20 heavy (non-hydrogen) atoms. The van der Waals surface area contributed by atoms with Gasteiger partial charge < -0.3 is 10.6 Å². The summed E-state index contributed by atoms with van der Waals surface area (Å²) < 4.78 is 0. The Kier molecular flexibility index (Phi) is 3.89. The molecule has 0 saturated carbocycles. The van der Waals surface area contributed by atoms with Crippen LogP contribution in [0, 0.1) is 6.92 Å². The summed E-state index contributed by atoms with van der Waals surface area (Å²) in [5, 5.41) is 3.18. The van der Waals surface area contributed by atoms with Gasteiger partial charge in [-0.25, -0.2) is 4.98 Å². The molecule has 2 aromatic rings. The first kappa shape index (κ1) is 13.4. The molecule has 1 saturated heterocycles. The molecule has 0 amide bonds. The molecule has 1 aromatic carbocycles. The van der Waals surface area contributed by atoms with E-state index in [0.717, 1.165) is 43.5 Å². The Morgan fingerprint density at radius 1 is 1.25 bits per heavy atom.